The lowest BCUT2D eigenvalue weighted by atomic mass is 10.1. The molecule has 7 rings (SSSR count). The first kappa shape index (κ1) is 42.3. The Morgan fingerprint density at radius 2 is 1.48 bits per heavy atom. The maximum absolute atomic E-state index is 13.0. The Kier molecular flexibility index (Phi) is 13.2. The van der Waals surface area contributed by atoms with Gasteiger partial charge in [-0.05, 0) is 97.6 Å². The smallest absolute Gasteiger partial charge is 0.241 e. The third-order valence-electron chi connectivity index (χ3n) is 11.3. The number of carbonyl (C=O) groups excluding carboxylic acids is 3. The van der Waals surface area contributed by atoms with E-state index in [0.717, 1.165) is 47.1 Å². The summed E-state index contributed by atoms with van der Waals surface area (Å²) in [7, 11) is 6.93. The van der Waals surface area contributed by atoms with Crippen LogP contribution in [0.5, 0.6) is 23.0 Å². The number of methoxy groups -OCH3 is 2. The lowest BCUT2D eigenvalue weighted by molar-refractivity contribution is -0.117. The number of hydrogen-bond acceptors (Lipinski definition) is 11. The first-order chi connectivity index (χ1) is 29.6. The topological polar surface area (TPSA) is 143 Å². The van der Waals surface area contributed by atoms with Crippen molar-refractivity contribution in [3.05, 3.63) is 124 Å². The quantitative estimate of drug-likeness (QED) is 0.0609. The van der Waals surface area contributed by atoms with Crippen LogP contribution in [0, 0.1) is 6.92 Å². The molecular weight excluding hydrogens is 773 g/mol. The highest BCUT2D eigenvalue weighted by Gasteiger charge is 2.28. The van der Waals surface area contributed by atoms with Crippen LogP contribution < -0.4 is 44.7 Å². The number of anilines is 4. The van der Waals surface area contributed by atoms with Gasteiger partial charge in [0.2, 0.25) is 12.3 Å². The molecule has 2 aliphatic heterocycles. The van der Waals surface area contributed by atoms with Gasteiger partial charge in [-0.1, -0.05) is 36.4 Å². The van der Waals surface area contributed by atoms with Crippen molar-refractivity contribution in [3.8, 4) is 23.0 Å². The van der Waals surface area contributed by atoms with E-state index in [2.05, 4.69) is 46.1 Å². The molecular formula is C48H52N6O7. The highest BCUT2D eigenvalue weighted by atomic mass is 16.5. The Morgan fingerprint density at radius 3 is 2.11 bits per heavy atom. The van der Waals surface area contributed by atoms with E-state index in [0.29, 0.717) is 58.6 Å². The molecule has 2 heterocycles. The van der Waals surface area contributed by atoms with E-state index in [-0.39, 0.29) is 31.2 Å². The summed E-state index contributed by atoms with van der Waals surface area (Å²) in [4.78, 5) is 46.0. The summed E-state index contributed by atoms with van der Waals surface area (Å²) in [6.07, 6.45) is 5.01. The van der Waals surface area contributed by atoms with Gasteiger partial charge in [-0.15, -0.1) is 0 Å². The minimum Gasteiger partial charge on any atom is -0.493 e. The molecule has 5 aromatic carbocycles. The molecule has 316 valence electrons. The number of likely N-dealkylation sites (N-methyl/N-ethyl adjacent to an activating group) is 2. The van der Waals surface area contributed by atoms with Crippen molar-refractivity contribution in [2.45, 2.75) is 58.0 Å². The zero-order valence-corrected chi connectivity index (χ0v) is 35.4. The van der Waals surface area contributed by atoms with Crippen molar-refractivity contribution >= 4 is 53.3 Å². The maximum atomic E-state index is 13.0. The van der Waals surface area contributed by atoms with E-state index in [1.54, 1.807) is 44.3 Å². The summed E-state index contributed by atoms with van der Waals surface area (Å²) in [5.41, 5.74) is 9.22. The number of amides is 2. The summed E-state index contributed by atoms with van der Waals surface area (Å²) in [6, 6.07) is 28.6. The fourth-order valence-electron chi connectivity index (χ4n) is 7.78. The van der Waals surface area contributed by atoms with Gasteiger partial charge in [0.1, 0.15) is 13.2 Å². The third kappa shape index (κ3) is 9.47. The van der Waals surface area contributed by atoms with Crippen molar-refractivity contribution in [1.82, 2.24) is 5.32 Å². The number of aryl methyl sites for hydroxylation is 1. The van der Waals surface area contributed by atoms with Crippen LogP contribution in [-0.4, -0.2) is 77.8 Å². The lowest BCUT2D eigenvalue weighted by Gasteiger charge is -2.24. The number of nitrogens with one attached hydrogen (secondary N) is 3. The van der Waals surface area contributed by atoms with Crippen molar-refractivity contribution in [2.75, 3.05) is 55.3 Å². The van der Waals surface area contributed by atoms with Crippen LogP contribution in [0.2, 0.25) is 0 Å². The van der Waals surface area contributed by atoms with Crippen LogP contribution in [0.15, 0.2) is 96.0 Å². The molecule has 13 nitrogen and oxygen atoms in total. The Morgan fingerprint density at radius 1 is 0.836 bits per heavy atom. The summed E-state index contributed by atoms with van der Waals surface area (Å²) in [5.74, 6) is 1.67. The van der Waals surface area contributed by atoms with E-state index in [1.807, 2.05) is 67.6 Å². The SMILES string of the molecule is CN[C@@H](C)C(=O)Nc1cc(COc2cc(N=C[C@@H]3Cc4ccccc4N3C=O)c(C)cc2OC)cc(COc2cc(NCC3Cc4ccccc4N3C)c(C=O)cc2OC)c1. The molecule has 0 aliphatic carbocycles. The molecule has 0 saturated heterocycles. The minimum absolute atomic E-state index is 0.116. The van der Waals surface area contributed by atoms with Gasteiger partial charge in [0.15, 0.2) is 29.3 Å². The fraction of sp³-hybridized carbons (Fsp3) is 0.292. The number of ether oxygens (including phenoxy) is 4. The second-order valence-corrected chi connectivity index (χ2v) is 15.3. The van der Waals surface area contributed by atoms with E-state index in [9.17, 15) is 14.4 Å². The molecule has 3 N–H and O–H groups in total. The predicted molar refractivity (Wildman–Crippen MR) is 240 cm³/mol. The van der Waals surface area contributed by atoms with Gasteiger partial charge in [0, 0.05) is 66.7 Å². The van der Waals surface area contributed by atoms with Gasteiger partial charge in [-0.3, -0.25) is 19.4 Å². The molecule has 0 spiro atoms. The largest absolute Gasteiger partial charge is 0.493 e. The fourth-order valence-corrected chi connectivity index (χ4v) is 7.78. The van der Waals surface area contributed by atoms with E-state index in [1.165, 1.54) is 18.4 Å². The van der Waals surface area contributed by atoms with Crippen LogP contribution in [0.1, 0.15) is 45.1 Å². The molecule has 61 heavy (non-hydrogen) atoms. The number of nitrogens with zero attached hydrogens (tertiary/aromatic N) is 3. The number of aliphatic imine (C=N–C) groups is 1. The normalized spacial score (nSPS) is 15.8. The average molecular weight is 825 g/mol. The monoisotopic (exact) mass is 824 g/mol. The molecule has 0 bridgehead atoms. The zero-order valence-electron chi connectivity index (χ0n) is 35.4. The van der Waals surface area contributed by atoms with Crippen LogP contribution in [-0.2, 0) is 35.6 Å². The molecule has 0 radical (unpaired) electrons. The highest BCUT2D eigenvalue weighted by molar-refractivity contribution is 5.95. The Hall–Kier alpha value is -6.86. The van der Waals surface area contributed by atoms with Crippen molar-refractivity contribution in [1.29, 1.82) is 0 Å². The van der Waals surface area contributed by atoms with Gasteiger partial charge in [-0.25, -0.2) is 0 Å². The Labute approximate surface area is 356 Å². The third-order valence-corrected chi connectivity index (χ3v) is 11.3. The number of para-hydroxylation sites is 2. The van der Waals surface area contributed by atoms with E-state index < -0.39 is 6.04 Å². The molecule has 1 unspecified atom stereocenters. The predicted octanol–water partition coefficient (Wildman–Crippen LogP) is 7.29. The summed E-state index contributed by atoms with van der Waals surface area (Å²) < 4.78 is 24.2. The van der Waals surface area contributed by atoms with Gasteiger partial charge < -0.3 is 44.7 Å². The lowest BCUT2D eigenvalue weighted by Crippen LogP contribution is -2.35. The second-order valence-electron chi connectivity index (χ2n) is 15.3. The average Bonchev–Trinajstić information content (AvgIpc) is 3.81. The minimum atomic E-state index is -0.433. The molecule has 0 fully saturated rings. The van der Waals surface area contributed by atoms with E-state index >= 15 is 0 Å². The van der Waals surface area contributed by atoms with Crippen LogP contribution in [0.4, 0.5) is 28.4 Å². The van der Waals surface area contributed by atoms with Crippen molar-refractivity contribution < 1.29 is 33.3 Å². The number of fused-ring (bicyclic) bond motifs is 2. The first-order valence-electron chi connectivity index (χ1n) is 20.3. The Bertz CT molecular complexity index is 2440. The van der Waals surface area contributed by atoms with Gasteiger partial charge in [0.05, 0.1) is 38.0 Å². The molecule has 3 atom stereocenters. The van der Waals surface area contributed by atoms with Crippen LogP contribution in [0.3, 0.4) is 0 Å². The van der Waals surface area contributed by atoms with E-state index in [4.69, 9.17) is 23.9 Å². The zero-order chi connectivity index (χ0) is 43.0. The van der Waals surface area contributed by atoms with Crippen LogP contribution in [0.25, 0.3) is 0 Å². The number of aldehydes is 1. The van der Waals surface area contributed by atoms with Crippen molar-refractivity contribution in [2.24, 2.45) is 4.99 Å². The number of rotatable bonds is 18. The summed E-state index contributed by atoms with van der Waals surface area (Å²) in [6.45, 7) is 4.58. The van der Waals surface area contributed by atoms with Gasteiger partial charge >= 0.3 is 0 Å². The standard InChI is InChI=1S/C48H52N6O7/c1-30-15-44(58-5)46(22-40(30)50-25-39-20-35-12-8-10-14-43(35)54(39)29-56)60-27-32-16-33(18-37(17-32)52-48(57)31(2)49-3)28-61-47-23-41(36(26-55)21-45(47)59-6)51-24-38-19-34-11-7-9-13-42(34)53(38)4/h7-18,21-23,25-26,29,31,38-39,49,51H,19-20,24,27-28H2,1-6H3,(H,52,57)/t31-,38?,39-/m0/s1. The molecule has 2 aliphatic rings. The highest BCUT2D eigenvalue weighted by Crippen LogP contribution is 2.38. The number of benzene rings is 5. The molecule has 0 aromatic heterocycles. The Balaban J connectivity index is 1.10. The molecule has 0 saturated carbocycles. The van der Waals surface area contributed by atoms with Crippen LogP contribution >= 0.6 is 0 Å². The maximum Gasteiger partial charge on any atom is 0.241 e. The molecule has 5 aromatic rings. The van der Waals surface area contributed by atoms with Gasteiger partial charge in [0.25, 0.3) is 0 Å². The molecule has 2 amide bonds. The number of carbonyl (C=O) groups is 3. The molecule has 13 heteroatoms. The summed E-state index contributed by atoms with van der Waals surface area (Å²) >= 11 is 0. The summed E-state index contributed by atoms with van der Waals surface area (Å²) in [5, 5.41) is 9.47. The number of hydrogen-bond donors (Lipinski definition) is 3. The van der Waals surface area contributed by atoms with Gasteiger partial charge in [-0.2, -0.15) is 0 Å². The second kappa shape index (κ2) is 19.0. The first-order valence-corrected chi connectivity index (χ1v) is 20.3. The van der Waals surface area contributed by atoms with Crippen molar-refractivity contribution in [3.63, 3.8) is 0 Å².